The van der Waals surface area contributed by atoms with Crippen LogP contribution in [0.15, 0.2) is 40.8 Å². The van der Waals surface area contributed by atoms with E-state index in [4.69, 9.17) is 11.6 Å². The van der Waals surface area contributed by atoms with Crippen LogP contribution in [0.3, 0.4) is 0 Å². The van der Waals surface area contributed by atoms with Crippen molar-refractivity contribution in [2.45, 2.75) is 29.8 Å². The summed E-state index contributed by atoms with van der Waals surface area (Å²) in [5.74, 6) is 0.287. The normalized spacial score (nSPS) is 10.8. The third-order valence-corrected chi connectivity index (χ3v) is 3.49. The molecule has 0 aliphatic carbocycles. The van der Waals surface area contributed by atoms with Crippen molar-refractivity contribution in [3.63, 3.8) is 0 Å². The molecule has 0 aromatic carbocycles. The predicted molar refractivity (Wildman–Crippen MR) is 69.5 cm³/mol. The van der Waals surface area contributed by atoms with E-state index in [-0.39, 0.29) is 5.92 Å². The first kappa shape index (κ1) is 12.3. The van der Waals surface area contributed by atoms with Crippen LogP contribution in [-0.2, 0) is 0 Å². The Morgan fingerprint density at radius 1 is 1.18 bits per heavy atom. The van der Waals surface area contributed by atoms with E-state index in [1.54, 1.807) is 6.20 Å². The SMILES string of the molecule is CC(C)c1c(Cl)ncnc1Sc1ccccn1. The number of aromatic nitrogens is 3. The van der Waals surface area contributed by atoms with Crippen LogP contribution in [0.5, 0.6) is 0 Å². The molecule has 0 radical (unpaired) electrons. The largest absolute Gasteiger partial charge is 0.250 e. The molecule has 2 heterocycles. The Hall–Kier alpha value is -1.13. The molecular weight excluding hydrogens is 254 g/mol. The molecule has 88 valence electrons. The maximum atomic E-state index is 6.11. The Labute approximate surface area is 110 Å². The van der Waals surface area contributed by atoms with Crippen LogP contribution >= 0.6 is 23.4 Å². The van der Waals surface area contributed by atoms with E-state index in [1.165, 1.54) is 18.1 Å². The maximum Gasteiger partial charge on any atom is 0.137 e. The van der Waals surface area contributed by atoms with Gasteiger partial charge in [-0.25, -0.2) is 15.0 Å². The van der Waals surface area contributed by atoms with Crippen LogP contribution in [0.25, 0.3) is 0 Å². The lowest BCUT2D eigenvalue weighted by atomic mass is 10.1. The zero-order valence-electron chi connectivity index (χ0n) is 9.59. The molecule has 0 saturated carbocycles. The summed E-state index contributed by atoms with van der Waals surface area (Å²) >= 11 is 7.62. The second kappa shape index (κ2) is 5.47. The monoisotopic (exact) mass is 265 g/mol. The minimum atomic E-state index is 0.287. The number of halogens is 1. The second-order valence-corrected chi connectivity index (χ2v) is 5.18. The summed E-state index contributed by atoms with van der Waals surface area (Å²) in [5.41, 5.74) is 0.977. The summed E-state index contributed by atoms with van der Waals surface area (Å²) in [6.07, 6.45) is 3.25. The topological polar surface area (TPSA) is 38.7 Å². The van der Waals surface area contributed by atoms with Gasteiger partial charge < -0.3 is 0 Å². The van der Waals surface area contributed by atoms with Gasteiger partial charge in [-0.2, -0.15) is 0 Å². The molecular formula is C12H12ClN3S. The molecule has 0 spiro atoms. The van der Waals surface area contributed by atoms with Gasteiger partial charge in [0.1, 0.15) is 21.5 Å². The van der Waals surface area contributed by atoms with Gasteiger partial charge in [-0.3, -0.25) is 0 Å². The summed E-state index contributed by atoms with van der Waals surface area (Å²) < 4.78 is 0. The lowest BCUT2D eigenvalue weighted by Crippen LogP contribution is -1.98. The van der Waals surface area contributed by atoms with E-state index < -0.39 is 0 Å². The van der Waals surface area contributed by atoms with Crippen LogP contribution in [0.1, 0.15) is 25.3 Å². The maximum absolute atomic E-state index is 6.11. The van der Waals surface area contributed by atoms with Crippen molar-refractivity contribution >= 4 is 23.4 Å². The first-order valence-electron chi connectivity index (χ1n) is 5.27. The van der Waals surface area contributed by atoms with E-state index in [0.717, 1.165) is 15.6 Å². The molecule has 0 saturated heterocycles. The third kappa shape index (κ3) is 2.96. The van der Waals surface area contributed by atoms with Crippen molar-refractivity contribution in [1.82, 2.24) is 15.0 Å². The smallest absolute Gasteiger partial charge is 0.137 e. The van der Waals surface area contributed by atoms with Gasteiger partial charge in [0.05, 0.1) is 0 Å². The highest BCUT2D eigenvalue weighted by atomic mass is 35.5. The predicted octanol–water partition coefficient (Wildman–Crippen LogP) is 3.80. The van der Waals surface area contributed by atoms with Gasteiger partial charge >= 0.3 is 0 Å². The Bertz CT molecular complexity index is 502. The molecule has 0 fully saturated rings. The first-order chi connectivity index (χ1) is 8.18. The van der Waals surface area contributed by atoms with Gasteiger partial charge in [0.2, 0.25) is 0 Å². The molecule has 0 aliphatic heterocycles. The minimum absolute atomic E-state index is 0.287. The highest BCUT2D eigenvalue weighted by Gasteiger charge is 2.14. The Balaban J connectivity index is 2.36. The fourth-order valence-corrected chi connectivity index (χ4v) is 2.84. The highest BCUT2D eigenvalue weighted by Crippen LogP contribution is 2.34. The lowest BCUT2D eigenvalue weighted by Gasteiger charge is -2.11. The Kier molecular flexibility index (Phi) is 3.97. The molecule has 2 rings (SSSR count). The molecule has 3 nitrogen and oxygen atoms in total. The summed E-state index contributed by atoms with van der Waals surface area (Å²) in [6, 6.07) is 5.79. The zero-order chi connectivity index (χ0) is 12.3. The third-order valence-electron chi connectivity index (χ3n) is 2.22. The van der Waals surface area contributed by atoms with Gasteiger partial charge in [0, 0.05) is 11.8 Å². The molecule has 0 bridgehead atoms. The zero-order valence-corrected chi connectivity index (χ0v) is 11.2. The minimum Gasteiger partial charge on any atom is -0.250 e. The number of rotatable bonds is 3. The Morgan fingerprint density at radius 2 is 2.00 bits per heavy atom. The molecule has 0 aliphatic rings. The van der Waals surface area contributed by atoms with Crippen molar-refractivity contribution < 1.29 is 0 Å². The van der Waals surface area contributed by atoms with Crippen LogP contribution < -0.4 is 0 Å². The quantitative estimate of drug-likeness (QED) is 0.792. The summed E-state index contributed by atoms with van der Waals surface area (Å²) in [4.78, 5) is 12.6. The number of hydrogen-bond acceptors (Lipinski definition) is 4. The van der Waals surface area contributed by atoms with Crippen LogP contribution in [0.4, 0.5) is 0 Å². The Morgan fingerprint density at radius 3 is 2.65 bits per heavy atom. The summed E-state index contributed by atoms with van der Waals surface area (Å²) in [7, 11) is 0. The second-order valence-electron chi connectivity index (χ2n) is 3.81. The van der Waals surface area contributed by atoms with Gasteiger partial charge in [-0.15, -0.1) is 0 Å². The molecule has 5 heteroatoms. The average Bonchev–Trinajstić information content (AvgIpc) is 2.30. The molecule has 0 N–H and O–H groups in total. The summed E-state index contributed by atoms with van der Waals surface area (Å²) in [5, 5.41) is 2.30. The lowest BCUT2D eigenvalue weighted by molar-refractivity contribution is 0.802. The molecule has 17 heavy (non-hydrogen) atoms. The summed E-state index contributed by atoms with van der Waals surface area (Å²) in [6.45, 7) is 4.15. The van der Waals surface area contributed by atoms with Crippen molar-refractivity contribution in [1.29, 1.82) is 0 Å². The van der Waals surface area contributed by atoms with E-state index in [2.05, 4.69) is 28.8 Å². The van der Waals surface area contributed by atoms with E-state index >= 15 is 0 Å². The molecule has 0 atom stereocenters. The highest BCUT2D eigenvalue weighted by molar-refractivity contribution is 7.99. The van der Waals surface area contributed by atoms with Gasteiger partial charge in [-0.05, 0) is 29.8 Å². The number of nitrogens with zero attached hydrogens (tertiary/aromatic N) is 3. The molecule has 2 aromatic heterocycles. The first-order valence-corrected chi connectivity index (χ1v) is 6.47. The number of hydrogen-bond donors (Lipinski definition) is 0. The van der Waals surface area contributed by atoms with Gasteiger partial charge in [-0.1, -0.05) is 31.5 Å². The number of pyridine rings is 1. The van der Waals surface area contributed by atoms with Crippen molar-refractivity contribution in [2.75, 3.05) is 0 Å². The average molecular weight is 266 g/mol. The van der Waals surface area contributed by atoms with Gasteiger partial charge in [0.25, 0.3) is 0 Å². The molecule has 0 unspecified atom stereocenters. The molecule has 0 amide bonds. The van der Waals surface area contributed by atoms with Crippen LogP contribution in [0, 0.1) is 0 Å². The van der Waals surface area contributed by atoms with Gasteiger partial charge in [0.15, 0.2) is 0 Å². The fourth-order valence-electron chi connectivity index (χ4n) is 1.43. The van der Waals surface area contributed by atoms with E-state index in [9.17, 15) is 0 Å². The van der Waals surface area contributed by atoms with E-state index in [1.807, 2.05) is 18.2 Å². The van der Waals surface area contributed by atoms with Crippen molar-refractivity contribution in [3.05, 3.63) is 41.4 Å². The standard InChI is InChI=1S/C12H12ClN3S/c1-8(2)10-11(13)15-7-16-12(10)17-9-5-3-4-6-14-9/h3-8H,1-2H3. The van der Waals surface area contributed by atoms with Crippen LogP contribution in [0.2, 0.25) is 5.15 Å². The van der Waals surface area contributed by atoms with E-state index in [0.29, 0.717) is 5.15 Å². The fraction of sp³-hybridized carbons (Fsp3) is 0.250. The van der Waals surface area contributed by atoms with Crippen LogP contribution in [-0.4, -0.2) is 15.0 Å². The molecule has 2 aromatic rings. The van der Waals surface area contributed by atoms with Crippen molar-refractivity contribution in [2.24, 2.45) is 0 Å². The van der Waals surface area contributed by atoms with Crippen molar-refractivity contribution in [3.8, 4) is 0 Å².